The van der Waals surface area contributed by atoms with Gasteiger partial charge in [0.25, 0.3) is 0 Å². The van der Waals surface area contributed by atoms with Crippen molar-refractivity contribution in [2.24, 2.45) is 17.8 Å². The van der Waals surface area contributed by atoms with E-state index in [1.807, 2.05) is 0 Å². The second-order valence-electron chi connectivity index (χ2n) is 6.42. The molecule has 3 heteroatoms. The number of carbonyl (C=O) groups is 1. The number of hydrogen-bond donors (Lipinski definition) is 1. The van der Waals surface area contributed by atoms with Crippen molar-refractivity contribution in [3.05, 3.63) is 0 Å². The van der Waals surface area contributed by atoms with Gasteiger partial charge in [-0.3, -0.25) is 9.69 Å². The lowest BCUT2D eigenvalue weighted by atomic mass is 9.75. The maximum atomic E-state index is 12.1. The average Bonchev–Trinajstić information content (AvgIpc) is 2.79. The molecule has 2 rings (SSSR count). The van der Waals surface area contributed by atoms with Crippen LogP contribution in [0.15, 0.2) is 0 Å². The summed E-state index contributed by atoms with van der Waals surface area (Å²) in [6.45, 7) is 6.72. The SMILES string of the molecule is CC(C)C1CCC(=O)C(CN2CCCC2CO)C1. The maximum Gasteiger partial charge on any atom is 0.137 e. The molecule has 2 fully saturated rings. The van der Waals surface area contributed by atoms with Crippen molar-refractivity contribution in [1.29, 1.82) is 0 Å². The molecule has 3 nitrogen and oxygen atoms in total. The highest BCUT2D eigenvalue weighted by Gasteiger charge is 2.34. The monoisotopic (exact) mass is 253 g/mol. The minimum Gasteiger partial charge on any atom is -0.395 e. The Morgan fingerprint density at radius 1 is 1.39 bits per heavy atom. The molecule has 18 heavy (non-hydrogen) atoms. The first kappa shape index (κ1) is 14.0. The molecule has 0 aromatic carbocycles. The first-order valence-corrected chi connectivity index (χ1v) is 7.49. The van der Waals surface area contributed by atoms with Gasteiger partial charge in [0.15, 0.2) is 0 Å². The largest absolute Gasteiger partial charge is 0.395 e. The third-order valence-corrected chi connectivity index (χ3v) is 4.91. The van der Waals surface area contributed by atoms with E-state index in [4.69, 9.17) is 0 Å². The number of hydrogen-bond acceptors (Lipinski definition) is 3. The molecule has 2 aliphatic rings. The van der Waals surface area contributed by atoms with E-state index in [-0.39, 0.29) is 12.5 Å². The molecule has 0 amide bonds. The van der Waals surface area contributed by atoms with Crippen molar-refractivity contribution >= 4 is 5.78 Å². The maximum absolute atomic E-state index is 12.1. The van der Waals surface area contributed by atoms with Crippen molar-refractivity contribution < 1.29 is 9.90 Å². The summed E-state index contributed by atoms with van der Waals surface area (Å²) in [4.78, 5) is 14.4. The normalized spacial score (nSPS) is 34.4. The van der Waals surface area contributed by atoms with E-state index in [1.165, 1.54) is 6.42 Å². The van der Waals surface area contributed by atoms with Crippen molar-refractivity contribution in [3.63, 3.8) is 0 Å². The predicted molar refractivity (Wildman–Crippen MR) is 72.4 cm³/mol. The summed E-state index contributed by atoms with van der Waals surface area (Å²) in [5.41, 5.74) is 0. The fourth-order valence-electron chi connectivity index (χ4n) is 3.55. The Morgan fingerprint density at radius 2 is 2.17 bits per heavy atom. The molecule has 104 valence electrons. The lowest BCUT2D eigenvalue weighted by molar-refractivity contribution is -0.126. The van der Waals surface area contributed by atoms with Crippen LogP contribution < -0.4 is 0 Å². The minimum absolute atomic E-state index is 0.221. The van der Waals surface area contributed by atoms with E-state index in [0.717, 1.165) is 38.8 Å². The van der Waals surface area contributed by atoms with Crippen LogP contribution in [-0.4, -0.2) is 41.5 Å². The molecule has 3 unspecified atom stereocenters. The van der Waals surface area contributed by atoms with Gasteiger partial charge in [-0.25, -0.2) is 0 Å². The average molecular weight is 253 g/mol. The number of likely N-dealkylation sites (tertiary alicyclic amines) is 1. The Labute approximate surface area is 111 Å². The van der Waals surface area contributed by atoms with Crippen LogP contribution in [0.5, 0.6) is 0 Å². The third kappa shape index (κ3) is 3.12. The fourth-order valence-corrected chi connectivity index (χ4v) is 3.55. The van der Waals surface area contributed by atoms with Crippen LogP contribution >= 0.6 is 0 Å². The first-order valence-electron chi connectivity index (χ1n) is 7.49. The number of aliphatic hydroxyl groups excluding tert-OH is 1. The van der Waals surface area contributed by atoms with Crippen LogP contribution in [0.1, 0.15) is 46.0 Å². The van der Waals surface area contributed by atoms with Gasteiger partial charge in [0.05, 0.1) is 6.61 Å². The van der Waals surface area contributed by atoms with Crippen molar-refractivity contribution in [1.82, 2.24) is 4.90 Å². The molecule has 0 aromatic heterocycles. The molecule has 1 aliphatic heterocycles. The van der Waals surface area contributed by atoms with Crippen LogP contribution in [0.3, 0.4) is 0 Å². The molecular weight excluding hydrogens is 226 g/mol. The van der Waals surface area contributed by atoms with Gasteiger partial charge in [0.1, 0.15) is 5.78 Å². The fraction of sp³-hybridized carbons (Fsp3) is 0.933. The van der Waals surface area contributed by atoms with Gasteiger partial charge < -0.3 is 5.11 Å². The van der Waals surface area contributed by atoms with Gasteiger partial charge in [-0.05, 0) is 44.1 Å². The van der Waals surface area contributed by atoms with E-state index in [9.17, 15) is 9.90 Å². The molecule has 0 radical (unpaired) electrons. The highest BCUT2D eigenvalue weighted by Crippen LogP contribution is 2.33. The minimum atomic E-state index is 0.221. The highest BCUT2D eigenvalue weighted by atomic mass is 16.3. The molecule has 1 saturated carbocycles. The number of nitrogens with zero attached hydrogens (tertiary/aromatic N) is 1. The molecule has 1 aliphatic carbocycles. The Balaban J connectivity index is 1.92. The van der Waals surface area contributed by atoms with E-state index < -0.39 is 0 Å². The molecule has 0 aromatic rings. The van der Waals surface area contributed by atoms with Crippen LogP contribution in [0.2, 0.25) is 0 Å². The third-order valence-electron chi connectivity index (χ3n) is 4.91. The second kappa shape index (κ2) is 6.16. The summed E-state index contributed by atoms with van der Waals surface area (Å²) in [5, 5.41) is 9.35. The predicted octanol–water partition coefficient (Wildman–Crippen LogP) is 2.08. The Bertz CT molecular complexity index is 290. The van der Waals surface area contributed by atoms with Gasteiger partial charge in [0.2, 0.25) is 0 Å². The summed E-state index contributed by atoms with van der Waals surface area (Å²) in [6, 6.07) is 0.303. The lowest BCUT2D eigenvalue weighted by Crippen LogP contribution is -2.41. The van der Waals surface area contributed by atoms with E-state index in [0.29, 0.717) is 23.7 Å². The van der Waals surface area contributed by atoms with E-state index in [1.54, 1.807) is 0 Å². The van der Waals surface area contributed by atoms with E-state index in [2.05, 4.69) is 18.7 Å². The summed E-state index contributed by atoms with van der Waals surface area (Å²) < 4.78 is 0. The first-order chi connectivity index (χ1) is 8.61. The molecule has 3 atom stereocenters. The quantitative estimate of drug-likeness (QED) is 0.834. The Morgan fingerprint density at radius 3 is 2.83 bits per heavy atom. The van der Waals surface area contributed by atoms with Crippen LogP contribution in [-0.2, 0) is 4.79 Å². The van der Waals surface area contributed by atoms with Crippen LogP contribution in [0.4, 0.5) is 0 Å². The van der Waals surface area contributed by atoms with Crippen LogP contribution in [0, 0.1) is 17.8 Å². The molecule has 1 N–H and O–H groups in total. The summed E-state index contributed by atoms with van der Waals surface area (Å²) in [6.07, 6.45) is 5.16. The van der Waals surface area contributed by atoms with E-state index >= 15 is 0 Å². The molecule has 0 bridgehead atoms. The van der Waals surface area contributed by atoms with Gasteiger partial charge in [0, 0.05) is 24.9 Å². The summed E-state index contributed by atoms with van der Waals surface area (Å²) >= 11 is 0. The van der Waals surface area contributed by atoms with Gasteiger partial charge in [-0.15, -0.1) is 0 Å². The van der Waals surface area contributed by atoms with Crippen molar-refractivity contribution in [2.45, 2.75) is 52.0 Å². The number of ketones is 1. The van der Waals surface area contributed by atoms with Crippen molar-refractivity contribution in [3.8, 4) is 0 Å². The second-order valence-corrected chi connectivity index (χ2v) is 6.42. The molecule has 1 saturated heterocycles. The zero-order valence-corrected chi connectivity index (χ0v) is 11.8. The zero-order valence-electron chi connectivity index (χ0n) is 11.8. The highest BCUT2D eigenvalue weighted by molar-refractivity contribution is 5.82. The number of Topliss-reactive ketones (excluding diaryl/α,β-unsaturated/α-hetero) is 1. The topological polar surface area (TPSA) is 40.5 Å². The van der Waals surface area contributed by atoms with Gasteiger partial charge in [-0.2, -0.15) is 0 Å². The van der Waals surface area contributed by atoms with Crippen molar-refractivity contribution in [2.75, 3.05) is 19.7 Å². The zero-order chi connectivity index (χ0) is 13.1. The standard InChI is InChI=1S/C15H27NO2/c1-11(2)12-5-6-15(18)13(8-12)9-16-7-3-4-14(16)10-17/h11-14,17H,3-10H2,1-2H3. The van der Waals surface area contributed by atoms with Gasteiger partial charge in [-0.1, -0.05) is 13.8 Å². The summed E-state index contributed by atoms with van der Waals surface area (Å²) in [5.74, 6) is 2.07. The molecule has 1 heterocycles. The number of aliphatic hydroxyl groups is 1. The molecular formula is C15H27NO2. The number of carbonyl (C=O) groups excluding carboxylic acids is 1. The van der Waals surface area contributed by atoms with Crippen LogP contribution in [0.25, 0.3) is 0 Å². The molecule has 0 spiro atoms. The van der Waals surface area contributed by atoms with Gasteiger partial charge >= 0.3 is 0 Å². The number of rotatable bonds is 4. The Hall–Kier alpha value is -0.410. The Kier molecular flexibility index (Phi) is 4.79. The smallest absolute Gasteiger partial charge is 0.137 e. The summed E-state index contributed by atoms with van der Waals surface area (Å²) in [7, 11) is 0. The lowest BCUT2D eigenvalue weighted by Gasteiger charge is -2.34.